The van der Waals surface area contributed by atoms with Crippen molar-refractivity contribution >= 4 is 186 Å². The molecule has 0 radical (unpaired) electrons. The van der Waals surface area contributed by atoms with Gasteiger partial charge in [-0.1, -0.05) is 330 Å². The monoisotopic (exact) mass is 1840 g/mol. The molecule has 0 saturated carbocycles. The second kappa shape index (κ2) is 34.9. The Balaban J connectivity index is 0.000000172. The van der Waals surface area contributed by atoms with E-state index in [4.69, 9.17) is 0 Å². The van der Waals surface area contributed by atoms with Gasteiger partial charge in [0.1, 0.15) is 46.5 Å². The van der Waals surface area contributed by atoms with Crippen molar-refractivity contribution in [2.75, 3.05) is 19.6 Å². The molecule has 134 heavy (non-hydrogen) atoms. The van der Waals surface area contributed by atoms with Crippen LogP contribution in [0, 0.1) is 60.4 Å². The number of nitrogens with zero attached hydrogens (tertiary/aromatic N) is 4. The van der Waals surface area contributed by atoms with Crippen molar-refractivity contribution < 1.29 is 35.1 Å². The molecule has 0 saturated heterocycles. The lowest BCUT2D eigenvalue weighted by Crippen LogP contribution is -2.37. The minimum atomic E-state index is -1.71. The highest BCUT2D eigenvalue weighted by molar-refractivity contribution is 6.90. The van der Waals surface area contributed by atoms with Crippen molar-refractivity contribution in [3.05, 3.63) is 410 Å². The van der Waals surface area contributed by atoms with Crippen LogP contribution in [0.1, 0.15) is 11.1 Å². The lowest BCUT2D eigenvalue weighted by atomic mass is 9.91. The summed E-state index contributed by atoms with van der Waals surface area (Å²) in [5, 5.41) is 15.7. The van der Waals surface area contributed by atoms with Gasteiger partial charge in [-0.25, -0.2) is 35.1 Å². The Labute approximate surface area is 781 Å². The lowest BCUT2D eigenvalue weighted by molar-refractivity contribution is 0.604. The van der Waals surface area contributed by atoms with Gasteiger partial charge in [0.25, 0.3) is 0 Å². The van der Waals surface area contributed by atoms with E-state index in [1.54, 1.807) is 24.3 Å². The maximum absolute atomic E-state index is 17.0. The van der Waals surface area contributed by atoms with Crippen LogP contribution in [0.5, 0.6) is 0 Å². The van der Waals surface area contributed by atoms with E-state index >= 15 is 35.1 Å². The molecule has 20 rings (SSSR count). The van der Waals surface area contributed by atoms with Crippen molar-refractivity contribution in [3.63, 3.8) is 0 Å². The third kappa shape index (κ3) is 16.6. The van der Waals surface area contributed by atoms with Gasteiger partial charge in [0.2, 0.25) is 0 Å². The Bertz CT molecular complexity index is 7440. The van der Waals surface area contributed by atoms with E-state index in [1.807, 2.05) is 264 Å². The van der Waals surface area contributed by atoms with Crippen LogP contribution < -0.4 is 40.3 Å². The van der Waals surface area contributed by atoms with Crippen molar-refractivity contribution in [2.45, 2.75) is 92.4 Å². The Hall–Kier alpha value is -14.0. The highest BCUT2D eigenvalue weighted by atomic mass is 28.3. The Kier molecular flexibility index (Phi) is 23.2. The highest BCUT2D eigenvalue weighted by Gasteiger charge is 2.33. The summed E-state index contributed by atoms with van der Waals surface area (Å²) >= 11 is 0. The zero-order valence-electron chi connectivity index (χ0n) is 77.3. The van der Waals surface area contributed by atoms with Gasteiger partial charge in [-0.3, -0.25) is 0 Å². The Morgan fingerprint density at radius 2 is 0.388 bits per heavy atom. The maximum atomic E-state index is 17.0. The van der Waals surface area contributed by atoms with E-state index in [9.17, 15) is 0 Å². The van der Waals surface area contributed by atoms with Crippen LogP contribution in [0.4, 0.5) is 103 Å². The van der Waals surface area contributed by atoms with Gasteiger partial charge in [-0.05, 0) is 187 Å². The van der Waals surface area contributed by atoms with Crippen LogP contribution in [0.25, 0.3) is 109 Å². The molecule has 0 spiro atoms. The molecule has 664 valence electrons. The summed E-state index contributed by atoms with van der Waals surface area (Å²) in [4.78, 5) is 7.27. The largest absolute Gasteiger partial charge is 0.307 e. The molecule has 0 unspecified atom stereocenters. The Morgan fingerprint density at radius 3 is 0.619 bits per heavy atom. The summed E-state index contributed by atoms with van der Waals surface area (Å²) < 4.78 is 134. The van der Waals surface area contributed by atoms with Crippen molar-refractivity contribution in [1.29, 1.82) is 0 Å². The smallest absolute Gasteiger partial charge is 0.148 e. The summed E-state index contributed by atoms with van der Waals surface area (Å²) in [5.41, 5.74) is 10.6. The number of halogens is 8. The molecule has 0 fully saturated rings. The Morgan fingerprint density at radius 1 is 0.179 bits per heavy atom. The number of hydrogen-bond donors (Lipinski definition) is 0. The van der Waals surface area contributed by atoms with E-state index in [2.05, 4.69) is 127 Å². The molecule has 0 amide bonds. The molecule has 0 N–H and O–H groups in total. The minimum Gasteiger partial charge on any atom is -0.307 e. The molecule has 0 heterocycles. The molecule has 0 aliphatic rings. The molecular weight excluding hydrogens is 1740 g/mol. The van der Waals surface area contributed by atoms with E-state index in [1.165, 1.54) is 69.3 Å². The number of aryl methyl sites for hydroxylation is 2. The molecule has 0 aromatic heterocycles. The van der Waals surface area contributed by atoms with Crippen LogP contribution in [0.2, 0.25) is 78.6 Å². The van der Waals surface area contributed by atoms with E-state index < -0.39 is 78.8 Å². The molecule has 0 bridgehead atoms. The molecule has 0 aliphatic heterocycles. The predicted molar refractivity (Wildman–Crippen MR) is 562 cm³/mol. The highest BCUT2D eigenvalue weighted by Crippen LogP contribution is 2.53. The average Bonchev–Trinajstić information content (AvgIpc) is 0.718. The summed E-state index contributed by atoms with van der Waals surface area (Å²) in [7, 11) is -6.82. The van der Waals surface area contributed by atoms with Gasteiger partial charge in [0.15, 0.2) is 0 Å². The summed E-state index contributed by atoms with van der Waals surface area (Å²) in [6.45, 7) is 31.1. The van der Waals surface area contributed by atoms with Crippen LogP contribution >= 0.6 is 0 Å². The number of benzene rings is 20. The van der Waals surface area contributed by atoms with Gasteiger partial charge in [-0.15, -0.1) is 0 Å². The SMILES string of the molecule is C[Si](C)(C)c1ccc(N(c2cc(F)c(-c3ccccc3)cc2F)c2ccc3ccc4c(N(c5ccc([Si](C)(C)C)cc5)c5cc(F)c(-c6ccccc6)cc5F)ccc5ccc2c3c54)cc1.Cc1ccccc1-c1cc(F)c(N(c2ccc([Si](C)(C)C)cc2)c2ccc3ccc4c(N(c5ccc([Si](C)(C)C)cc5)c5cc(F)c(-c6ccccc6C)cc5F)ccc5ccc2c3c54)cc1F. The fourth-order valence-electron chi connectivity index (χ4n) is 19.1. The normalized spacial score (nSPS) is 12.1. The van der Waals surface area contributed by atoms with Gasteiger partial charge in [0, 0.05) is 90.8 Å². The first-order valence-corrected chi connectivity index (χ1v) is 59.4. The van der Waals surface area contributed by atoms with Crippen molar-refractivity contribution in [2.24, 2.45) is 0 Å². The summed E-state index contributed by atoms with van der Waals surface area (Å²) in [6, 6.07) is 108. The summed E-state index contributed by atoms with van der Waals surface area (Å²) in [5.74, 6) is -4.41. The zero-order chi connectivity index (χ0) is 93.9. The lowest BCUT2D eigenvalue weighted by Gasteiger charge is -2.30. The topological polar surface area (TPSA) is 13.0 Å². The molecule has 0 atom stereocenters. The zero-order valence-corrected chi connectivity index (χ0v) is 81.3. The molecule has 0 aliphatic carbocycles. The van der Waals surface area contributed by atoms with E-state index in [0.29, 0.717) is 67.8 Å². The van der Waals surface area contributed by atoms with Crippen molar-refractivity contribution in [1.82, 2.24) is 0 Å². The first kappa shape index (κ1) is 89.2. The van der Waals surface area contributed by atoms with Gasteiger partial charge in [0.05, 0.1) is 77.8 Å². The van der Waals surface area contributed by atoms with Gasteiger partial charge < -0.3 is 19.6 Å². The molecule has 20 aromatic rings. The first-order chi connectivity index (χ1) is 64.1. The molecule has 20 aromatic carbocycles. The third-order valence-electron chi connectivity index (χ3n) is 26.3. The number of hydrogen-bond acceptors (Lipinski definition) is 4. The van der Waals surface area contributed by atoms with Gasteiger partial charge in [-0.2, -0.15) is 0 Å². The van der Waals surface area contributed by atoms with E-state index in [0.717, 1.165) is 75.8 Å². The van der Waals surface area contributed by atoms with Crippen LogP contribution in [0.3, 0.4) is 0 Å². The standard InChI is InChI=1S/C60H52F4N2Si2.C58H48F4N2Si2/c1-37-13-9-11-15-45(37)49-33-53(63)57(35-51(49)61)65(41-21-25-43(26-22-41)67(3,4)5)55-31-19-39-18-30-48-56(32-20-40-17-29-47(55)59(39)60(40)48)66(42-23-27-44(28-24-42)68(6,7)8)58-36-52(62)50(34-54(58)64)46-16-12-10-14-38(46)2;1-65(2,3)43-25-21-41(22-26-43)63(55-35-49(59)47(33-51(55)61)37-13-9-7-10-14-37)53-31-19-39-18-30-46-54(32-20-40-17-29-45(53)57(39)58(40)46)64(42-23-27-44(28-24-42)66(4,5)6)56-36-50(60)48(34-52(56)62)38-15-11-8-12-16-38/h9-36H,1-8H3;7-36H,1-6H3. The fourth-order valence-corrected chi connectivity index (χ4v) is 23.7. The van der Waals surface area contributed by atoms with Crippen LogP contribution in [-0.2, 0) is 0 Å². The average molecular weight is 1840 g/mol. The van der Waals surface area contributed by atoms with E-state index in [-0.39, 0.29) is 45.0 Å². The van der Waals surface area contributed by atoms with Crippen LogP contribution in [-0.4, -0.2) is 32.3 Å². The maximum Gasteiger partial charge on any atom is 0.148 e. The third-order valence-corrected chi connectivity index (χ3v) is 34.6. The number of anilines is 12. The molecule has 4 nitrogen and oxygen atoms in total. The summed E-state index contributed by atoms with van der Waals surface area (Å²) in [6.07, 6.45) is 0. The molecule has 16 heteroatoms. The van der Waals surface area contributed by atoms with Gasteiger partial charge >= 0.3 is 0 Å². The first-order valence-electron chi connectivity index (χ1n) is 45.4. The van der Waals surface area contributed by atoms with Crippen molar-refractivity contribution in [3.8, 4) is 44.5 Å². The molecular formula is C118H100F8N4Si4. The quantitative estimate of drug-likeness (QED) is 0.0428. The minimum absolute atomic E-state index is 0.0769. The number of rotatable bonds is 20. The predicted octanol–water partition coefficient (Wildman–Crippen LogP) is 33.6. The second-order valence-corrected chi connectivity index (χ2v) is 59.5. The second-order valence-electron chi connectivity index (χ2n) is 39.2. The fraction of sp³-hybridized carbons (Fsp3) is 0.119. The van der Waals surface area contributed by atoms with Crippen LogP contribution in [0.15, 0.2) is 352 Å².